The first-order valence-electron chi connectivity index (χ1n) is 7.35. The number of methoxy groups -OCH3 is 1. The summed E-state index contributed by atoms with van der Waals surface area (Å²) in [4.78, 5) is 27.2. The molecule has 0 aromatic heterocycles. The van der Waals surface area contributed by atoms with Gasteiger partial charge in [0.05, 0.1) is 6.61 Å². The van der Waals surface area contributed by atoms with Crippen LogP contribution in [0.15, 0.2) is 0 Å². The molecule has 2 aliphatic rings. The van der Waals surface area contributed by atoms with Crippen molar-refractivity contribution in [2.75, 3.05) is 26.8 Å². The average molecular weight is 284 g/mol. The second-order valence-electron chi connectivity index (χ2n) is 5.74. The number of carboxylic acids is 1. The second-order valence-corrected chi connectivity index (χ2v) is 5.74. The molecule has 20 heavy (non-hydrogen) atoms. The molecule has 2 amide bonds. The minimum atomic E-state index is -0.901. The van der Waals surface area contributed by atoms with E-state index in [1.54, 1.807) is 12.0 Å². The maximum Gasteiger partial charge on any atom is 0.326 e. The van der Waals surface area contributed by atoms with Crippen LogP contribution in [-0.4, -0.2) is 65.8 Å². The molecule has 1 saturated heterocycles. The highest BCUT2D eigenvalue weighted by Gasteiger charge is 2.40. The van der Waals surface area contributed by atoms with Gasteiger partial charge in [-0.05, 0) is 38.5 Å². The van der Waals surface area contributed by atoms with E-state index in [4.69, 9.17) is 4.74 Å². The number of hydrogen-bond donors (Lipinski definition) is 1. The van der Waals surface area contributed by atoms with Gasteiger partial charge in [0, 0.05) is 26.2 Å². The second kappa shape index (κ2) is 6.43. The van der Waals surface area contributed by atoms with Crippen LogP contribution in [0.1, 0.15) is 32.6 Å². The van der Waals surface area contributed by atoms with E-state index in [0.29, 0.717) is 32.0 Å². The van der Waals surface area contributed by atoms with Gasteiger partial charge in [-0.15, -0.1) is 0 Å². The van der Waals surface area contributed by atoms with Gasteiger partial charge in [0.25, 0.3) is 0 Å². The van der Waals surface area contributed by atoms with Crippen molar-refractivity contribution in [3.63, 3.8) is 0 Å². The van der Waals surface area contributed by atoms with Crippen molar-refractivity contribution >= 4 is 12.0 Å². The Labute approximate surface area is 119 Å². The Hall–Kier alpha value is -1.30. The first kappa shape index (κ1) is 15.1. The van der Waals surface area contributed by atoms with Crippen molar-refractivity contribution in [2.24, 2.45) is 5.92 Å². The quantitative estimate of drug-likeness (QED) is 0.800. The standard InChI is InChI=1S/C14H24N2O4/c1-10(11-5-6-11)15(8-9-20-2)14(19)16-7-3-4-12(16)13(17)18/h10-12H,3-9H2,1-2H3,(H,17,18)/t10?,12-/m1/s1. The number of hydrogen-bond acceptors (Lipinski definition) is 3. The molecule has 1 saturated carbocycles. The molecule has 1 unspecified atom stereocenters. The van der Waals surface area contributed by atoms with Crippen molar-refractivity contribution in [3.05, 3.63) is 0 Å². The molecule has 0 spiro atoms. The van der Waals surface area contributed by atoms with Crippen LogP contribution >= 0.6 is 0 Å². The number of ether oxygens (including phenoxy) is 1. The third-order valence-corrected chi connectivity index (χ3v) is 4.36. The lowest BCUT2D eigenvalue weighted by Gasteiger charge is -2.34. The lowest BCUT2D eigenvalue weighted by atomic mass is 10.2. The Morgan fingerprint density at radius 1 is 1.40 bits per heavy atom. The zero-order chi connectivity index (χ0) is 14.7. The fraction of sp³-hybridized carbons (Fsp3) is 0.857. The molecule has 1 heterocycles. The van der Waals surface area contributed by atoms with E-state index < -0.39 is 12.0 Å². The fourth-order valence-electron chi connectivity index (χ4n) is 2.91. The van der Waals surface area contributed by atoms with Gasteiger partial charge in [0.1, 0.15) is 6.04 Å². The smallest absolute Gasteiger partial charge is 0.326 e. The van der Waals surface area contributed by atoms with Crippen LogP contribution in [0.4, 0.5) is 4.79 Å². The number of likely N-dealkylation sites (tertiary alicyclic amines) is 1. The number of aliphatic carboxylic acids is 1. The van der Waals surface area contributed by atoms with Crippen LogP contribution < -0.4 is 0 Å². The molecule has 0 bridgehead atoms. The van der Waals surface area contributed by atoms with Gasteiger partial charge in [0.15, 0.2) is 0 Å². The summed E-state index contributed by atoms with van der Waals surface area (Å²) < 4.78 is 5.08. The van der Waals surface area contributed by atoms with Crippen molar-refractivity contribution in [1.82, 2.24) is 9.80 Å². The Morgan fingerprint density at radius 3 is 2.65 bits per heavy atom. The first-order valence-corrected chi connectivity index (χ1v) is 7.35. The van der Waals surface area contributed by atoms with E-state index in [1.807, 2.05) is 0 Å². The van der Waals surface area contributed by atoms with Gasteiger partial charge < -0.3 is 19.6 Å². The Balaban J connectivity index is 2.06. The van der Waals surface area contributed by atoms with Crippen LogP contribution in [0.5, 0.6) is 0 Å². The number of carboxylic acid groups (broad SMARTS) is 1. The van der Waals surface area contributed by atoms with Gasteiger partial charge in [-0.1, -0.05) is 0 Å². The molecule has 6 heteroatoms. The number of amides is 2. The molecule has 2 atom stereocenters. The zero-order valence-electron chi connectivity index (χ0n) is 12.2. The maximum atomic E-state index is 12.7. The molecule has 2 rings (SSSR count). The Bertz CT molecular complexity index is 370. The van der Waals surface area contributed by atoms with E-state index in [0.717, 1.165) is 19.3 Å². The molecule has 0 aromatic carbocycles. The normalized spacial score (nSPS) is 23.7. The first-order chi connectivity index (χ1) is 9.56. The number of carbonyl (C=O) groups excluding carboxylic acids is 1. The highest BCUT2D eigenvalue weighted by molar-refractivity contribution is 5.83. The van der Waals surface area contributed by atoms with E-state index in [-0.39, 0.29) is 12.1 Å². The molecular formula is C14H24N2O4. The van der Waals surface area contributed by atoms with Gasteiger partial charge in [0.2, 0.25) is 0 Å². The summed E-state index contributed by atoms with van der Waals surface area (Å²) in [6.07, 6.45) is 3.62. The van der Waals surface area contributed by atoms with Crippen LogP contribution in [0.2, 0.25) is 0 Å². The van der Waals surface area contributed by atoms with Crippen LogP contribution in [0, 0.1) is 5.92 Å². The van der Waals surface area contributed by atoms with Crippen LogP contribution in [0.25, 0.3) is 0 Å². The highest BCUT2D eigenvalue weighted by Crippen LogP contribution is 2.36. The van der Waals surface area contributed by atoms with Crippen molar-refractivity contribution in [2.45, 2.75) is 44.7 Å². The van der Waals surface area contributed by atoms with E-state index >= 15 is 0 Å². The van der Waals surface area contributed by atoms with E-state index in [2.05, 4.69) is 6.92 Å². The van der Waals surface area contributed by atoms with Gasteiger partial charge >= 0.3 is 12.0 Å². The molecule has 6 nitrogen and oxygen atoms in total. The van der Waals surface area contributed by atoms with Crippen molar-refractivity contribution in [3.8, 4) is 0 Å². The van der Waals surface area contributed by atoms with E-state index in [9.17, 15) is 14.7 Å². The predicted molar refractivity (Wildman–Crippen MR) is 73.5 cm³/mol. The molecule has 1 aliphatic heterocycles. The Morgan fingerprint density at radius 2 is 2.10 bits per heavy atom. The summed E-state index contributed by atoms with van der Waals surface area (Å²) in [5.41, 5.74) is 0. The monoisotopic (exact) mass is 284 g/mol. The summed E-state index contributed by atoms with van der Waals surface area (Å²) >= 11 is 0. The molecule has 114 valence electrons. The third-order valence-electron chi connectivity index (χ3n) is 4.36. The summed E-state index contributed by atoms with van der Waals surface area (Å²) in [6, 6.07) is -0.655. The zero-order valence-corrected chi connectivity index (χ0v) is 12.2. The lowest BCUT2D eigenvalue weighted by molar-refractivity contribution is -0.141. The number of nitrogens with zero attached hydrogens (tertiary/aromatic N) is 2. The van der Waals surface area contributed by atoms with Crippen LogP contribution in [0.3, 0.4) is 0 Å². The summed E-state index contributed by atoms with van der Waals surface area (Å²) in [5.74, 6) is -0.344. The third kappa shape index (κ3) is 3.23. The topological polar surface area (TPSA) is 70.1 Å². The fourth-order valence-corrected chi connectivity index (χ4v) is 2.91. The number of urea groups is 1. The molecule has 0 aromatic rings. The molecule has 0 radical (unpaired) electrons. The number of carbonyl (C=O) groups is 2. The molecule has 2 fully saturated rings. The minimum Gasteiger partial charge on any atom is -0.480 e. The summed E-state index contributed by atoms with van der Waals surface area (Å²) in [6.45, 7) is 3.60. The van der Waals surface area contributed by atoms with E-state index in [1.165, 1.54) is 4.90 Å². The predicted octanol–water partition coefficient (Wildman–Crippen LogP) is 1.40. The largest absolute Gasteiger partial charge is 0.480 e. The summed E-state index contributed by atoms with van der Waals surface area (Å²) in [5, 5.41) is 9.21. The SMILES string of the molecule is COCCN(C(=O)N1CCC[C@@H]1C(=O)O)C(C)C1CC1. The lowest BCUT2D eigenvalue weighted by Crippen LogP contribution is -2.52. The molecular weight excluding hydrogens is 260 g/mol. The Kier molecular flexibility index (Phi) is 4.86. The van der Waals surface area contributed by atoms with Gasteiger partial charge in [-0.25, -0.2) is 9.59 Å². The van der Waals surface area contributed by atoms with Gasteiger partial charge in [-0.3, -0.25) is 0 Å². The average Bonchev–Trinajstić information content (AvgIpc) is 3.15. The van der Waals surface area contributed by atoms with Crippen LogP contribution in [-0.2, 0) is 9.53 Å². The highest BCUT2D eigenvalue weighted by atomic mass is 16.5. The molecule has 1 aliphatic carbocycles. The van der Waals surface area contributed by atoms with Gasteiger partial charge in [-0.2, -0.15) is 0 Å². The summed E-state index contributed by atoms with van der Waals surface area (Å²) in [7, 11) is 1.61. The van der Waals surface area contributed by atoms with Crippen molar-refractivity contribution < 1.29 is 19.4 Å². The number of rotatable bonds is 6. The minimum absolute atomic E-state index is 0.147. The molecule has 1 N–H and O–H groups in total. The maximum absolute atomic E-state index is 12.7. The van der Waals surface area contributed by atoms with Crippen molar-refractivity contribution in [1.29, 1.82) is 0 Å².